The third-order valence-corrected chi connectivity index (χ3v) is 4.35. The summed E-state index contributed by atoms with van der Waals surface area (Å²) >= 11 is 0. The molecule has 6 heteroatoms. The van der Waals surface area contributed by atoms with Crippen LogP contribution in [0.25, 0.3) is 11.8 Å². The van der Waals surface area contributed by atoms with E-state index in [0.717, 1.165) is 42.6 Å². The number of phenols is 1. The minimum atomic E-state index is -0.130. The second kappa shape index (κ2) is 8.84. The summed E-state index contributed by atoms with van der Waals surface area (Å²) in [5.74, 6) is 0.286. The molecule has 2 aromatic rings. The lowest BCUT2D eigenvalue weighted by molar-refractivity contribution is -0.126. The van der Waals surface area contributed by atoms with Crippen LogP contribution < -0.4 is 0 Å². The number of ether oxygens (including phenoxy) is 1. The molecule has 0 amide bonds. The van der Waals surface area contributed by atoms with E-state index in [2.05, 4.69) is 54.8 Å². The highest BCUT2D eigenvalue weighted by atomic mass is 16.5. The Morgan fingerprint density at radius 3 is 2.56 bits per heavy atom. The molecule has 0 saturated heterocycles. The van der Waals surface area contributed by atoms with Crippen molar-refractivity contribution >= 4 is 12.5 Å². The van der Waals surface area contributed by atoms with E-state index in [9.17, 15) is 5.11 Å². The number of carbonyl (C=O) groups excluding carboxylic acids is 1. The van der Waals surface area contributed by atoms with E-state index < -0.39 is 0 Å². The van der Waals surface area contributed by atoms with Gasteiger partial charge in [-0.1, -0.05) is 46.3 Å². The van der Waals surface area contributed by atoms with Gasteiger partial charge in [-0.3, -0.25) is 4.79 Å². The van der Waals surface area contributed by atoms with Gasteiger partial charge in [0.1, 0.15) is 17.1 Å². The molecule has 0 radical (unpaired) electrons. The monoisotopic (exact) mass is 371 g/mol. The van der Waals surface area contributed by atoms with Crippen LogP contribution in [0.1, 0.15) is 63.1 Å². The van der Waals surface area contributed by atoms with Crippen molar-refractivity contribution in [3.05, 3.63) is 40.7 Å². The molecule has 27 heavy (non-hydrogen) atoms. The molecule has 0 unspecified atom stereocenters. The molecule has 146 valence electrons. The molecule has 1 heterocycles. The number of nitrogens with zero attached hydrogens (tertiary/aromatic N) is 3. The summed E-state index contributed by atoms with van der Waals surface area (Å²) < 4.78 is 3.86. The van der Waals surface area contributed by atoms with E-state index in [1.165, 1.54) is 12.7 Å². The molecule has 1 aliphatic rings. The van der Waals surface area contributed by atoms with Crippen LogP contribution in [0.5, 0.6) is 5.75 Å². The number of aromatic hydroxyl groups is 1. The maximum absolute atomic E-state index is 10.8. The van der Waals surface area contributed by atoms with Gasteiger partial charge in [0.15, 0.2) is 0 Å². The third kappa shape index (κ3) is 4.96. The number of methoxy groups -OCH3 is 1. The first-order valence-electron chi connectivity index (χ1n) is 9.27. The van der Waals surface area contributed by atoms with Gasteiger partial charge in [0, 0.05) is 5.56 Å². The molecule has 0 bridgehead atoms. The second-order valence-corrected chi connectivity index (χ2v) is 7.61. The van der Waals surface area contributed by atoms with Crippen molar-refractivity contribution in [3.8, 4) is 11.4 Å². The standard InChI is InChI=1S/C19H25N3O.C2H4O2/c1-5-8-13-11-14(19(2,3)4)18(23)17(12-13)22-20-15-9-6-7-10-16(15)21-22;1-4-2-3/h6,9,11-12,23H,5,7-8,10H2,1-4H3;2H,1H3. The van der Waals surface area contributed by atoms with Gasteiger partial charge < -0.3 is 9.84 Å². The van der Waals surface area contributed by atoms with Crippen LogP contribution in [0, 0.1) is 0 Å². The molecule has 0 saturated carbocycles. The summed E-state index contributed by atoms with van der Waals surface area (Å²) in [6.07, 6.45) is 8.10. The average Bonchev–Trinajstić information content (AvgIpc) is 3.06. The maximum Gasteiger partial charge on any atom is 0.292 e. The summed E-state index contributed by atoms with van der Waals surface area (Å²) in [5, 5.41) is 20.0. The summed E-state index contributed by atoms with van der Waals surface area (Å²) in [4.78, 5) is 10.6. The first-order valence-corrected chi connectivity index (χ1v) is 9.27. The largest absolute Gasteiger partial charge is 0.505 e. The zero-order chi connectivity index (χ0) is 20.0. The first-order chi connectivity index (χ1) is 12.8. The fourth-order valence-electron chi connectivity index (χ4n) is 3.01. The lowest BCUT2D eigenvalue weighted by Crippen LogP contribution is -2.14. The number of hydrogen-bond donors (Lipinski definition) is 1. The number of hydrogen-bond acceptors (Lipinski definition) is 5. The molecule has 1 aliphatic carbocycles. The zero-order valence-corrected chi connectivity index (χ0v) is 16.8. The lowest BCUT2D eigenvalue weighted by Gasteiger charge is -2.23. The van der Waals surface area contributed by atoms with E-state index in [4.69, 9.17) is 4.79 Å². The Bertz CT molecular complexity index is 817. The predicted molar refractivity (Wildman–Crippen MR) is 106 cm³/mol. The van der Waals surface area contributed by atoms with Crippen molar-refractivity contribution in [2.75, 3.05) is 7.11 Å². The number of allylic oxidation sites excluding steroid dienone is 1. The van der Waals surface area contributed by atoms with Crippen molar-refractivity contribution in [2.24, 2.45) is 0 Å². The molecule has 6 nitrogen and oxygen atoms in total. The molecule has 1 N–H and O–H groups in total. The highest BCUT2D eigenvalue weighted by Crippen LogP contribution is 2.36. The normalized spacial score (nSPS) is 12.8. The molecule has 3 rings (SSSR count). The van der Waals surface area contributed by atoms with Gasteiger partial charge in [0.25, 0.3) is 6.47 Å². The van der Waals surface area contributed by atoms with Gasteiger partial charge in [-0.2, -0.15) is 5.10 Å². The molecule has 0 aliphatic heterocycles. The molecule has 0 spiro atoms. The summed E-state index contributed by atoms with van der Waals surface area (Å²) in [7, 11) is 1.31. The SMILES string of the molecule is CCCc1cc(-n2nc3c(n2)CCC=C3)c(O)c(C(C)(C)C)c1.COC=O. The Balaban J connectivity index is 0.000000596. The van der Waals surface area contributed by atoms with E-state index in [0.29, 0.717) is 12.2 Å². The molecule has 1 aromatic heterocycles. The third-order valence-electron chi connectivity index (χ3n) is 4.35. The van der Waals surface area contributed by atoms with Crippen LogP contribution in [0.3, 0.4) is 0 Å². The maximum atomic E-state index is 10.8. The number of aromatic nitrogens is 3. The number of aryl methyl sites for hydroxylation is 2. The van der Waals surface area contributed by atoms with Crippen molar-refractivity contribution in [1.82, 2.24) is 15.0 Å². The molecule has 0 fully saturated rings. The van der Waals surface area contributed by atoms with Gasteiger partial charge in [-0.15, -0.1) is 9.90 Å². The zero-order valence-electron chi connectivity index (χ0n) is 16.8. The fourth-order valence-corrected chi connectivity index (χ4v) is 3.01. The van der Waals surface area contributed by atoms with Gasteiger partial charge in [-0.25, -0.2) is 0 Å². The Morgan fingerprint density at radius 2 is 2.00 bits per heavy atom. The highest BCUT2D eigenvalue weighted by molar-refractivity contribution is 5.56. The van der Waals surface area contributed by atoms with Crippen LogP contribution in [-0.2, 0) is 27.8 Å². The topological polar surface area (TPSA) is 77.2 Å². The molecular formula is C21H29N3O3. The van der Waals surface area contributed by atoms with Crippen molar-refractivity contribution in [1.29, 1.82) is 0 Å². The molecule has 0 atom stereocenters. The molecular weight excluding hydrogens is 342 g/mol. The van der Waals surface area contributed by atoms with E-state index in [-0.39, 0.29) is 11.2 Å². The average molecular weight is 371 g/mol. The van der Waals surface area contributed by atoms with Crippen LogP contribution in [0.15, 0.2) is 18.2 Å². The minimum absolute atomic E-state index is 0.130. The quantitative estimate of drug-likeness (QED) is 0.823. The predicted octanol–water partition coefficient (Wildman–Crippen LogP) is 3.97. The first kappa shape index (κ1) is 20.7. The van der Waals surface area contributed by atoms with Crippen LogP contribution in [0.4, 0.5) is 0 Å². The number of fused-ring (bicyclic) bond motifs is 1. The van der Waals surface area contributed by atoms with E-state index in [1.54, 1.807) is 4.80 Å². The van der Waals surface area contributed by atoms with E-state index >= 15 is 0 Å². The highest BCUT2D eigenvalue weighted by Gasteiger charge is 2.23. The van der Waals surface area contributed by atoms with Crippen LogP contribution >= 0.6 is 0 Å². The number of benzene rings is 1. The second-order valence-electron chi connectivity index (χ2n) is 7.61. The Kier molecular flexibility index (Phi) is 6.77. The number of carbonyl (C=O) groups is 1. The van der Waals surface area contributed by atoms with Gasteiger partial charge in [0.05, 0.1) is 12.8 Å². The molecule has 1 aromatic carbocycles. The van der Waals surface area contributed by atoms with Gasteiger partial charge in [-0.05, 0) is 42.4 Å². The Morgan fingerprint density at radius 1 is 1.30 bits per heavy atom. The minimum Gasteiger partial charge on any atom is -0.505 e. The number of phenolic OH excluding ortho intramolecular Hbond substituents is 1. The van der Waals surface area contributed by atoms with Crippen molar-refractivity contribution in [2.45, 2.75) is 58.8 Å². The summed E-state index contributed by atoms with van der Waals surface area (Å²) in [6.45, 7) is 8.89. The van der Waals surface area contributed by atoms with Crippen LogP contribution in [-0.4, -0.2) is 33.7 Å². The summed E-state index contributed by atoms with van der Waals surface area (Å²) in [5.41, 5.74) is 4.64. The smallest absolute Gasteiger partial charge is 0.292 e. The Labute approximate surface area is 160 Å². The van der Waals surface area contributed by atoms with Crippen LogP contribution in [0.2, 0.25) is 0 Å². The van der Waals surface area contributed by atoms with Gasteiger partial charge >= 0.3 is 0 Å². The van der Waals surface area contributed by atoms with Gasteiger partial charge in [0.2, 0.25) is 0 Å². The van der Waals surface area contributed by atoms with E-state index in [1.807, 2.05) is 12.1 Å². The van der Waals surface area contributed by atoms with Crippen molar-refractivity contribution < 1.29 is 14.6 Å². The summed E-state index contributed by atoms with van der Waals surface area (Å²) in [6, 6.07) is 4.13. The van der Waals surface area contributed by atoms with Crippen molar-refractivity contribution in [3.63, 3.8) is 0 Å². The fraction of sp³-hybridized carbons (Fsp3) is 0.476. The number of rotatable bonds is 4. The lowest BCUT2D eigenvalue weighted by atomic mass is 9.84. The Hall–Kier alpha value is -2.63.